The van der Waals surface area contributed by atoms with Gasteiger partial charge in [0.2, 0.25) is 0 Å². The number of hydrogen-bond acceptors (Lipinski definition) is 2. The highest BCUT2D eigenvalue weighted by Gasteiger charge is 2.23. The van der Waals surface area contributed by atoms with Gasteiger partial charge in [-0.3, -0.25) is 0 Å². The van der Waals surface area contributed by atoms with E-state index in [2.05, 4.69) is 36.9 Å². The summed E-state index contributed by atoms with van der Waals surface area (Å²) >= 11 is 0. The first-order valence-corrected chi connectivity index (χ1v) is 6.78. The lowest BCUT2D eigenvalue weighted by molar-refractivity contribution is 0.163. The lowest BCUT2D eigenvalue weighted by atomic mass is 9.96. The van der Waals surface area contributed by atoms with E-state index in [1.807, 2.05) is 6.07 Å². The molecule has 1 aromatic rings. The molecule has 0 saturated carbocycles. The molecule has 94 valence electrons. The zero-order valence-electron chi connectivity index (χ0n) is 10.9. The minimum atomic E-state index is -0.274. The van der Waals surface area contributed by atoms with Gasteiger partial charge in [-0.2, -0.15) is 0 Å². The molecule has 1 unspecified atom stereocenters. The summed E-state index contributed by atoms with van der Waals surface area (Å²) < 4.78 is 0. The average Bonchev–Trinajstić information content (AvgIpc) is 2.38. The molecule has 1 aliphatic rings. The molecule has 0 spiro atoms. The Morgan fingerprint density at radius 1 is 1.29 bits per heavy atom. The highest BCUT2D eigenvalue weighted by Crippen LogP contribution is 2.34. The zero-order valence-corrected chi connectivity index (χ0v) is 10.9. The van der Waals surface area contributed by atoms with Crippen molar-refractivity contribution >= 4 is 5.69 Å². The normalized spacial score (nSPS) is 19.5. The minimum absolute atomic E-state index is 0.274. The van der Waals surface area contributed by atoms with Crippen molar-refractivity contribution in [1.82, 2.24) is 0 Å². The monoisotopic (exact) mass is 233 g/mol. The third-order valence-corrected chi connectivity index (χ3v) is 3.94. The summed E-state index contributed by atoms with van der Waals surface area (Å²) in [5.41, 5.74) is 2.34. The van der Waals surface area contributed by atoms with Gasteiger partial charge in [-0.25, -0.2) is 0 Å². The molecule has 0 radical (unpaired) electrons. The molecule has 0 aromatic heterocycles. The van der Waals surface area contributed by atoms with Crippen molar-refractivity contribution in [2.75, 3.05) is 18.0 Å². The molecule has 1 atom stereocenters. The van der Waals surface area contributed by atoms with Gasteiger partial charge in [0.15, 0.2) is 0 Å². The molecule has 0 saturated heterocycles. The average molecular weight is 233 g/mol. The van der Waals surface area contributed by atoms with Gasteiger partial charge in [-0.1, -0.05) is 44.9 Å². The van der Waals surface area contributed by atoms with Gasteiger partial charge < -0.3 is 10.0 Å². The van der Waals surface area contributed by atoms with Crippen molar-refractivity contribution < 1.29 is 5.11 Å². The molecule has 2 heteroatoms. The van der Waals surface area contributed by atoms with Gasteiger partial charge in [0.25, 0.3) is 0 Å². The lowest BCUT2D eigenvalue weighted by Crippen LogP contribution is -2.35. The van der Waals surface area contributed by atoms with Crippen molar-refractivity contribution in [3.05, 3.63) is 29.8 Å². The van der Waals surface area contributed by atoms with Crippen molar-refractivity contribution in [2.45, 2.75) is 39.2 Å². The summed E-state index contributed by atoms with van der Waals surface area (Å²) in [5, 5.41) is 10.0. The summed E-state index contributed by atoms with van der Waals surface area (Å²) in [5.74, 6) is 0.762. The van der Waals surface area contributed by atoms with E-state index in [9.17, 15) is 5.11 Å². The quantitative estimate of drug-likeness (QED) is 0.862. The molecule has 1 aromatic carbocycles. The van der Waals surface area contributed by atoms with Crippen LogP contribution >= 0.6 is 0 Å². The van der Waals surface area contributed by atoms with Crippen LogP contribution in [0, 0.1) is 5.92 Å². The second kappa shape index (κ2) is 5.54. The Morgan fingerprint density at radius 3 is 2.71 bits per heavy atom. The van der Waals surface area contributed by atoms with Gasteiger partial charge in [0, 0.05) is 24.3 Å². The summed E-state index contributed by atoms with van der Waals surface area (Å²) in [4.78, 5) is 2.44. The number of fused-ring (bicyclic) bond motifs is 1. The second-order valence-corrected chi connectivity index (χ2v) is 4.99. The van der Waals surface area contributed by atoms with Crippen LogP contribution in [0.25, 0.3) is 0 Å². The van der Waals surface area contributed by atoms with Gasteiger partial charge in [-0.15, -0.1) is 0 Å². The van der Waals surface area contributed by atoms with E-state index in [1.54, 1.807) is 0 Å². The molecule has 17 heavy (non-hydrogen) atoms. The van der Waals surface area contributed by atoms with Crippen LogP contribution in [0.1, 0.15) is 44.8 Å². The van der Waals surface area contributed by atoms with Crippen LogP contribution in [-0.4, -0.2) is 18.2 Å². The first-order valence-electron chi connectivity index (χ1n) is 6.78. The molecule has 0 fully saturated rings. The van der Waals surface area contributed by atoms with E-state index in [0.29, 0.717) is 0 Å². The fourth-order valence-electron chi connectivity index (χ4n) is 2.66. The standard InChI is InChI=1S/C15H23NO/c1-3-12(4-2)11-16-10-9-15(17)13-7-5-6-8-14(13)16/h5-8,12,15,17H,3-4,9-11H2,1-2H3. The van der Waals surface area contributed by atoms with E-state index in [-0.39, 0.29) is 6.10 Å². The highest BCUT2D eigenvalue weighted by molar-refractivity contribution is 5.56. The van der Waals surface area contributed by atoms with E-state index >= 15 is 0 Å². The Kier molecular flexibility index (Phi) is 4.06. The molecule has 1 aliphatic heterocycles. The largest absolute Gasteiger partial charge is 0.388 e. The first-order chi connectivity index (χ1) is 8.26. The predicted octanol–water partition coefficient (Wildman–Crippen LogP) is 3.37. The van der Waals surface area contributed by atoms with Gasteiger partial charge in [0.05, 0.1) is 6.10 Å². The fraction of sp³-hybridized carbons (Fsp3) is 0.600. The Morgan fingerprint density at radius 2 is 2.00 bits per heavy atom. The minimum Gasteiger partial charge on any atom is -0.388 e. The maximum absolute atomic E-state index is 10.0. The fourth-order valence-corrected chi connectivity index (χ4v) is 2.66. The number of anilines is 1. The Labute approximate surface area is 104 Å². The molecule has 1 N–H and O–H groups in total. The summed E-state index contributed by atoms with van der Waals surface area (Å²) in [6.45, 7) is 6.63. The molecule has 0 aliphatic carbocycles. The van der Waals surface area contributed by atoms with Crippen LogP contribution in [0.2, 0.25) is 0 Å². The van der Waals surface area contributed by atoms with Crippen LogP contribution in [0.5, 0.6) is 0 Å². The van der Waals surface area contributed by atoms with Crippen molar-refractivity contribution in [3.8, 4) is 0 Å². The molecular formula is C15H23NO. The molecule has 1 heterocycles. The molecule has 0 amide bonds. The van der Waals surface area contributed by atoms with Gasteiger partial charge >= 0.3 is 0 Å². The maximum Gasteiger partial charge on any atom is 0.0826 e. The van der Waals surface area contributed by atoms with E-state index in [1.165, 1.54) is 18.5 Å². The van der Waals surface area contributed by atoms with Crippen LogP contribution in [0.3, 0.4) is 0 Å². The third kappa shape index (κ3) is 2.63. The van der Waals surface area contributed by atoms with Crippen LogP contribution in [0.15, 0.2) is 24.3 Å². The topological polar surface area (TPSA) is 23.5 Å². The highest BCUT2D eigenvalue weighted by atomic mass is 16.3. The molecule has 2 rings (SSSR count). The number of benzene rings is 1. The SMILES string of the molecule is CCC(CC)CN1CCC(O)c2ccccc21. The van der Waals surface area contributed by atoms with Crippen LogP contribution in [0.4, 0.5) is 5.69 Å². The van der Waals surface area contributed by atoms with Gasteiger partial charge in [0.1, 0.15) is 0 Å². The van der Waals surface area contributed by atoms with E-state index in [4.69, 9.17) is 0 Å². The Balaban J connectivity index is 2.18. The molecule has 0 bridgehead atoms. The van der Waals surface area contributed by atoms with E-state index < -0.39 is 0 Å². The Bertz CT molecular complexity index is 360. The van der Waals surface area contributed by atoms with Crippen molar-refractivity contribution in [2.24, 2.45) is 5.92 Å². The van der Waals surface area contributed by atoms with Gasteiger partial charge in [-0.05, 0) is 18.4 Å². The lowest BCUT2D eigenvalue weighted by Gasteiger charge is -2.35. The number of rotatable bonds is 4. The smallest absolute Gasteiger partial charge is 0.0826 e. The van der Waals surface area contributed by atoms with E-state index in [0.717, 1.165) is 31.0 Å². The van der Waals surface area contributed by atoms with Crippen LogP contribution in [-0.2, 0) is 0 Å². The summed E-state index contributed by atoms with van der Waals surface area (Å²) in [6, 6.07) is 8.28. The molecule has 2 nitrogen and oxygen atoms in total. The zero-order chi connectivity index (χ0) is 12.3. The number of hydrogen-bond donors (Lipinski definition) is 1. The second-order valence-electron chi connectivity index (χ2n) is 4.99. The number of nitrogens with zero attached hydrogens (tertiary/aromatic N) is 1. The number of aliphatic hydroxyl groups is 1. The first kappa shape index (κ1) is 12.4. The number of aliphatic hydroxyl groups excluding tert-OH is 1. The van der Waals surface area contributed by atoms with Crippen molar-refractivity contribution in [3.63, 3.8) is 0 Å². The predicted molar refractivity (Wildman–Crippen MR) is 72.3 cm³/mol. The summed E-state index contributed by atoms with van der Waals surface area (Å²) in [6.07, 6.45) is 3.05. The Hall–Kier alpha value is -1.02. The molecular weight excluding hydrogens is 210 g/mol. The number of para-hydroxylation sites is 1. The van der Waals surface area contributed by atoms with Crippen molar-refractivity contribution in [1.29, 1.82) is 0 Å². The van der Waals surface area contributed by atoms with Crippen LogP contribution < -0.4 is 4.90 Å². The third-order valence-electron chi connectivity index (χ3n) is 3.94. The maximum atomic E-state index is 10.0. The summed E-state index contributed by atoms with van der Waals surface area (Å²) in [7, 11) is 0.